The Bertz CT molecular complexity index is 595. The van der Waals surface area contributed by atoms with Crippen LogP contribution in [0.5, 0.6) is 5.75 Å². The van der Waals surface area contributed by atoms with Crippen LogP contribution in [0.1, 0.15) is 31.7 Å². The van der Waals surface area contributed by atoms with Crippen molar-refractivity contribution in [3.05, 3.63) is 29.8 Å². The van der Waals surface area contributed by atoms with Crippen molar-refractivity contribution in [1.82, 2.24) is 15.5 Å². The van der Waals surface area contributed by atoms with Crippen LogP contribution in [0.15, 0.2) is 29.3 Å². The van der Waals surface area contributed by atoms with Crippen molar-refractivity contribution < 1.29 is 9.53 Å². The van der Waals surface area contributed by atoms with Crippen LogP contribution >= 0.6 is 0 Å². The zero-order valence-electron chi connectivity index (χ0n) is 16.3. The van der Waals surface area contributed by atoms with Gasteiger partial charge in [-0.2, -0.15) is 0 Å². The Kier molecular flexibility index (Phi) is 8.25. The second kappa shape index (κ2) is 10.7. The molecule has 1 amide bonds. The average Bonchev–Trinajstić information content (AvgIpc) is 2.66. The number of nitrogens with one attached hydrogen (secondary N) is 2. The summed E-state index contributed by atoms with van der Waals surface area (Å²) in [6.07, 6.45) is 3.62. The Morgan fingerprint density at radius 3 is 2.77 bits per heavy atom. The van der Waals surface area contributed by atoms with E-state index in [2.05, 4.69) is 32.7 Å². The van der Waals surface area contributed by atoms with Crippen molar-refractivity contribution in [3.63, 3.8) is 0 Å². The molecule has 0 aromatic heterocycles. The van der Waals surface area contributed by atoms with E-state index in [1.165, 1.54) is 5.56 Å². The summed E-state index contributed by atoms with van der Waals surface area (Å²) < 4.78 is 5.56. The van der Waals surface area contributed by atoms with Gasteiger partial charge < -0.3 is 20.3 Å². The second-order valence-corrected chi connectivity index (χ2v) is 6.61. The summed E-state index contributed by atoms with van der Waals surface area (Å²) in [6.45, 7) is 5.41. The van der Waals surface area contributed by atoms with E-state index >= 15 is 0 Å². The number of amides is 1. The van der Waals surface area contributed by atoms with Crippen molar-refractivity contribution in [2.24, 2.45) is 10.9 Å². The van der Waals surface area contributed by atoms with Crippen LogP contribution in [0.25, 0.3) is 0 Å². The SMILES string of the molecule is CCOc1cccc(CCNC(=NC)N2CCC(CC(=O)NC)CC2)c1. The maximum absolute atomic E-state index is 11.5. The summed E-state index contributed by atoms with van der Waals surface area (Å²) >= 11 is 0. The molecular formula is C20H32N4O2. The highest BCUT2D eigenvalue weighted by atomic mass is 16.5. The summed E-state index contributed by atoms with van der Waals surface area (Å²) in [7, 11) is 3.53. The average molecular weight is 361 g/mol. The Morgan fingerprint density at radius 1 is 1.35 bits per heavy atom. The number of guanidine groups is 1. The molecule has 1 saturated heterocycles. The van der Waals surface area contributed by atoms with E-state index in [1.54, 1.807) is 7.05 Å². The van der Waals surface area contributed by atoms with E-state index in [0.29, 0.717) is 18.9 Å². The molecule has 1 aromatic rings. The molecule has 1 aliphatic rings. The third kappa shape index (κ3) is 6.24. The quantitative estimate of drug-likeness (QED) is 0.577. The van der Waals surface area contributed by atoms with Gasteiger partial charge in [0.25, 0.3) is 0 Å². The number of rotatable bonds is 7. The molecule has 6 heteroatoms. The molecular weight excluding hydrogens is 328 g/mol. The lowest BCUT2D eigenvalue weighted by Crippen LogP contribution is -2.46. The molecule has 0 radical (unpaired) electrons. The van der Waals surface area contributed by atoms with E-state index in [9.17, 15) is 4.79 Å². The number of carbonyl (C=O) groups excluding carboxylic acids is 1. The molecule has 0 aliphatic carbocycles. The number of aliphatic imine (C=N–C) groups is 1. The molecule has 1 fully saturated rings. The first-order chi connectivity index (χ1) is 12.7. The third-order valence-electron chi connectivity index (χ3n) is 4.79. The zero-order chi connectivity index (χ0) is 18.8. The first-order valence-electron chi connectivity index (χ1n) is 9.54. The topological polar surface area (TPSA) is 66.0 Å². The van der Waals surface area contributed by atoms with Gasteiger partial charge in [0.1, 0.15) is 5.75 Å². The van der Waals surface area contributed by atoms with Gasteiger partial charge in [-0.15, -0.1) is 0 Å². The molecule has 0 atom stereocenters. The molecule has 1 aromatic carbocycles. The maximum Gasteiger partial charge on any atom is 0.220 e. The summed E-state index contributed by atoms with van der Waals surface area (Å²) in [5.74, 6) is 2.49. The second-order valence-electron chi connectivity index (χ2n) is 6.61. The molecule has 144 valence electrons. The van der Waals surface area contributed by atoms with Crippen LogP contribution < -0.4 is 15.4 Å². The van der Waals surface area contributed by atoms with Gasteiger partial charge in [0.15, 0.2) is 5.96 Å². The fourth-order valence-corrected chi connectivity index (χ4v) is 3.32. The van der Waals surface area contributed by atoms with Crippen LogP contribution in [-0.4, -0.2) is 57.1 Å². The summed E-state index contributed by atoms with van der Waals surface area (Å²) in [6, 6.07) is 8.24. The van der Waals surface area contributed by atoms with E-state index < -0.39 is 0 Å². The summed E-state index contributed by atoms with van der Waals surface area (Å²) in [4.78, 5) is 18.2. The van der Waals surface area contributed by atoms with Gasteiger partial charge in [0, 0.05) is 40.2 Å². The molecule has 26 heavy (non-hydrogen) atoms. The van der Waals surface area contributed by atoms with E-state index in [0.717, 1.165) is 50.6 Å². The summed E-state index contributed by atoms with van der Waals surface area (Å²) in [5, 5.41) is 6.18. The monoisotopic (exact) mass is 360 g/mol. The fourth-order valence-electron chi connectivity index (χ4n) is 3.32. The largest absolute Gasteiger partial charge is 0.494 e. The lowest BCUT2D eigenvalue weighted by molar-refractivity contribution is -0.121. The standard InChI is InChI=1S/C20H32N4O2/c1-4-26-18-7-5-6-16(14-18)8-11-23-20(22-3)24-12-9-17(10-13-24)15-19(25)21-2/h5-7,14,17H,4,8-13,15H2,1-3H3,(H,21,25)(H,22,23). The van der Waals surface area contributed by atoms with Crippen molar-refractivity contribution in [2.75, 3.05) is 40.3 Å². The van der Waals surface area contributed by atoms with Crippen molar-refractivity contribution in [2.45, 2.75) is 32.6 Å². The van der Waals surface area contributed by atoms with E-state index in [-0.39, 0.29) is 5.91 Å². The number of piperidine rings is 1. The highest BCUT2D eigenvalue weighted by Crippen LogP contribution is 2.20. The highest BCUT2D eigenvalue weighted by Gasteiger charge is 2.22. The molecule has 1 heterocycles. The molecule has 0 unspecified atom stereocenters. The lowest BCUT2D eigenvalue weighted by Gasteiger charge is -2.34. The van der Waals surface area contributed by atoms with Crippen LogP contribution in [0, 0.1) is 5.92 Å². The Hall–Kier alpha value is -2.24. The fraction of sp³-hybridized carbons (Fsp3) is 0.600. The number of nitrogens with zero attached hydrogens (tertiary/aromatic N) is 2. The number of likely N-dealkylation sites (tertiary alicyclic amines) is 1. The number of benzene rings is 1. The third-order valence-corrected chi connectivity index (χ3v) is 4.79. The minimum Gasteiger partial charge on any atom is -0.494 e. The maximum atomic E-state index is 11.5. The van der Waals surface area contributed by atoms with Gasteiger partial charge in [0.2, 0.25) is 5.91 Å². The smallest absolute Gasteiger partial charge is 0.220 e. The molecule has 2 rings (SSSR count). The van der Waals surface area contributed by atoms with Gasteiger partial charge >= 0.3 is 0 Å². The van der Waals surface area contributed by atoms with Crippen molar-refractivity contribution in [3.8, 4) is 5.75 Å². The van der Waals surface area contributed by atoms with Gasteiger partial charge in [-0.05, 0) is 49.8 Å². The van der Waals surface area contributed by atoms with Gasteiger partial charge in [-0.1, -0.05) is 12.1 Å². The normalized spacial score (nSPS) is 15.7. The van der Waals surface area contributed by atoms with Crippen LogP contribution in [-0.2, 0) is 11.2 Å². The van der Waals surface area contributed by atoms with Gasteiger partial charge in [0.05, 0.1) is 6.61 Å². The van der Waals surface area contributed by atoms with Crippen LogP contribution in [0.4, 0.5) is 0 Å². The van der Waals surface area contributed by atoms with Crippen molar-refractivity contribution in [1.29, 1.82) is 0 Å². The first kappa shape index (κ1) is 20.1. The van der Waals surface area contributed by atoms with Crippen LogP contribution in [0.2, 0.25) is 0 Å². The Labute approximate surface area is 157 Å². The van der Waals surface area contributed by atoms with Gasteiger partial charge in [-0.25, -0.2) is 0 Å². The van der Waals surface area contributed by atoms with E-state index in [1.807, 2.05) is 26.1 Å². The number of hydrogen-bond donors (Lipinski definition) is 2. The number of hydrogen-bond acceptors (Lipinski definition) is 3. The first-order valence-corrected chi connectivity index (χ1v) is 9.54. The summed E-state index contributed by atoms with van der Waals surface area (Å²) in [5.41, 5.74) is 1.25. The molecule has 0 bridgehead atoms. The minimum atomic E-state index is 0.139. The Balaban J connectivity index is 1.76. The zero-order valence-corrected chi connectivity index (χ0v) is 16.3. The predicted molar refractivity (Wildman–Crippen MR) is 106 cm³/mol. The molecule has 0 spiro atoms. The van der Waals surface area contributed by atoms with Crippen molar-refractivity contribution >= 4 is 11.9 Å². The Morgan fingerprint density at radius 2 is 2.12 bits per heavy atom. The highest BCUT2D eigenvalue weighted by molar-refractivity contribution is 5.80. The molecule has 6 nitrogen and oxygen atoms in total. The minimum absolute atomic E-state index is 0.139. The number of ether oxygens (including phenoxy) is 1. The van der Waals surface area contributed by atoms with E-state index in [4.69, 9.17) is 4.74 Å². The molecule has 2 N–H and O–H groups in total. The molecule has 0 saturated carbocycles. The number of carbonyl (C=O) groups is 1. The molecule has 1 aliphatic heterocycles. The van der Waals surface area contributed by atoms with Gasteiger partial charge in [-0.3, -0.25) is 9.79 Å². The lowest BCUT2D eigenvalue weighted by atomic mass is 9.93. The predicted octanol–water partition coefficient (Wildman–Crippen LogP) is 2.05. The van der Waals surface area contributed by atoms with Crippen LogP contribution in [0.3, 0.4) is 0 Å².